The lowest BCUT2D eigenvalue weighted by molar-refractivity contribution is 0.593. The highest BCUT2D eigenvalue weighted by molar-refractivity contribution is 6.33. The summed E-state index contributed by atoms with van der Waals surface area (Å²) >= 11 is 12.0. The minimum atomic E-state index is -0.390. The van der Waals surface area contributed by atoms with E-state index in [2.05, 4.69) is 5.32 Å². The Labute approximate surface area is 121 Å². The van der Waals surface area contributed by atoms with Crippen molar-refractivity contribution in [3.05, 3.63) is 63.9 Å². The van der Waals surface area contributed by atoms with Crippen molar-refractivity contribution in [2.75, 3.05) is 11.9 Å². The molecule has 19 heavy (non-hydrogen) atoms. The second-order valence-corrected chi connectivity index (χ2v) is 4.92. The third-order valence-electron chi connectivity index (χ3n) is 2.77. The van der Waals surface area contributed by atoms with Crippen molar-refractivity contribution in [1.82, 2.24) is 0 Å². The molecule has 1 atom stereocenters. The molecule has 0 saturated carbocycles. The molecule has 100 valence electrons. The van der Waals surface area contributed by atoms with Crippen molar-refractivity contribution in [3.63, 3.8) is 0 Å². The Hall–Kier alpha value is -1.29. The highest BCUT2D eigenvalue weighted by Gasteiger charge is 2.15. The standard InChI is InChI=1S/C14H13Cl2FN2/c15-9-5-6-12(17)10(7-9)14(8-18)19-13-4-2-1-3-11(13)16/h1-7,14,19H,8,18H2. The number of rotatable bonds is 4. The van der Waals surface area contributed by atoms with E-state index in [9.17, 15) is 4.39 Å². The van der Waals surface area contributed by atoms with E-state index in [1.807, 2.05) is 18.2 Å². The van der Waals surface area contributed by atoms with Gasteiger partial charge in [-0.15, -0.1) is 0 Å². The van der Waals surface area contributed by atoms with Crippen molar-refractivity contribution in [2.45, 2.75) is 6.04 Å². The smallest absolute Gasteiger partial charge is 0.128 e. The van der Waals surface area contributed by atoms with Gasteiger partial charge in [0.25, 0.3) is 0 Å². The minimum absolute atomic E-state index is 0.225. The molecule has 2 nitrogen and oxygen atoms in total. The molecular weight excluding hydrogens is 286 g/mol. The molecule has 2 aromatic rings. The zero-order chi connectivity index (χ0) is 13.8. The maximum atomic E-state index is 13.8. The van der Waals surface area contributed by atoms with E-state index in [1.54, 1.807) is 12.1 Å². The molecule has 1 unspecified atom stereocenters. The quantitative estimate of drug-likeness (QED) is 0.886. The molecule has 3 N–H and O–H groups in total. The third kappa shape index (κ3) is 3.38. The highest BCUT2D eigenvalue weighted by Crippen LogP contribution is 2.28. The SMILES string of the molecule is NCC(Nc1ccccc1Cl)c1cc(Cl)ccc1F. The molecule has 0 radical (unpaired) electrons. The van der Waals surface area contributed by atoms with E-state index in [4.69, 9.17) is 28.9 Å². The summed E-state index contributed by atoms with van der Waals surface area (Å²) in [6.07, 6.45) is 0. The van der Waals surface area contributed by atoms with Crippen LogP contribution >= 0.6 is 23.2 Å². The predicted molar refractivity (Wildman–Crippen MR) is 78.3 cm³/mol. The van der Waals surface area contributed by atoms with E-state index in [0.717, 1.165) is 0 Å². The van der Waals surface area contributed by atoms with Crippen LogP contribution in [0, 0.1) is 5.82 Å². The zero-order valence-corrected chi connectivity index (χ0v) is 11.5. The average molecular weight is 299 g/mol. The summed E-state index contributed by atoms with van der Waals surface area (Å²) in [5, 5.41) is 4.15. The molecule has 2 aromatic carbocycles. The van der Waals surface area contributed by atoms with Crippen LogP contribution in [0.1, 0.15) is 11.6 Å². The van der Waals surface area contributed by atoms with E-state index < -0.39 is 6.04 Å². The van der Waals surface area contributed by atoms with Gasteiger partial charge in [-0.3, -0.25) is 0 Å². The number of hydrogen-bond donors (Lipinski definition) is 2. The van der Waals surface area contributed by atoms with Gasteiger partial charge in [0.1, 0.15) is 5.82 Å². The van der Waals surface area contributed by atoms with Crippen LogP contribution in [0.2, 0.25) is 10.0 Å². The van der Waals surface area contributed by atoms with Crippen LogP contribution in [0.4, 0.5) is 10.1 Å². The molecule has 0 aromatic heterocycles. The normalized spacial score (nSPS) is 12.2. The molecule has 0 amide bonds. The van der Waals surface area contributed by atoms with Crippen LogP contribution < -0.4 is 11.1 Å². The van der Waals surface area contributed by atoms with Gasteiger partial charge in [-0.25, -0.2) is 4.39 Å². The van der Waals surface area contributed by atoms with E-state index in [0.29, 0.717) is 21.3 Å². The molecule has 0 aliphatic heterocycles. The topological polar surface area (TPSA) is 38.0 Å². The molecule has 2 rings (SSSR count). The number of nitrogens with one attached hydrogen (secondary N) is 1. The maximum Gasteiger partial charge on any atom is 0.128 e. The van der Waals surface area contributed by atoms with Crippen LogP contribution in [0.15, 0.2) is 42.5 Å². The first kappa shape index (κ1) is 14.1. The fraction of sp³-hybridized carbons (Fsp3) is 0.143. The largest absolute Gasteiger partial charge is 0.376 e. The average Bonchev–Trinajstić information content (AvgIpc) is 2.41. The Morgan fingerprint density at radius 1 is 1.16 bits per heavy atom. The summed E-state index contributed by atoms with van der Waals surface area (Å²) in [6.45, 7) is 0.225. The number of para-hydroxylation sites is 1. The van der Waals surface area contributed by atoms with Gasteiger partial charge in [0.15, 0.2) is 0 Å². The fourth-order valence-electron chi connectivity index (χ4n) is 1.81. The summed E-state index contributed by atoms with van der Waals surface area (Å²) in [5.74, 6) is -0.348. The van der Waals surface area contributed by atoms with Gasteiger partial charge < -0.3 is 11.1 Å². The zero-order valence-electron chi connectivity index (χ0n) is 10.0. The Morgan fingerprint density at radius 2 is 1.89 bits per heavy atom. The molecular formula is C14H13Cl2FN2. The van der Waals surface area contributed by atoms with Crippen molar-refractivity contribution in [2.24, 2.45) is 5.73 Å². The number of benzene rings is 2. The minimum Gasteiger partial charge on any atom is -0.376 e. The first-order valence-electron chi connectivity index (χ1n) is 5.78. The van der Waals surface area contributed by atoms with E-state index in [-0.39, 0.29) is 12.4 Å². The van der Waals surface area contributed by atoms with Crippen molar-refractivity contribution >= 4 is 28.9 Å². The van der Waals surface area contributed by atoms with Crippen LogP contribution in [0.25, 0.3) is 0 Å². The first-order valence-corrected chi connectivity index (χ1v) is 6.53. The number of nitrogens with two attached hydrogens (primary N) is 1. The van der Waals surface area contributed by atoms with E-state index >= 15 is 0 Å². The maximum absolute atomic E-state index is 13.8. The summed E-state index contributed by atoms with van der Waals surface area (Å²) in [4.78, 5) is 0. The summed E-state index contributed by atoms with van der Waals surface area (Å²) in [5.41, 5.74) is 6.84. The monoisotopic (exact) mass is 298 g/mol. The molecule has 0 heterocycles. The Kier molecular flexibility index (Phi) is 4.64. The van der Waals surface area contributed by atoms with Gasteiger partial charge in [0.2, 0.25) is 0 Å². The summed E-state index contributed by atoms with van der Waals surface area (Å²) in [6, 6.07) is 11.2. The third-order valence-corrected chi connectivity index (χ3v) is 3.34. The van der Waals surface area contributed by atoms with E-state index in [1.165, 1.54) is 12.1 Å². The van der Waals surface area contributed by atoms with Gasteiger partial charge >= 0.3 is 0 Å². The second kappa shape index (κ2) is 6.24. The predicted octanol–water partition coefficient (Wildman–Crippen LogP) is 4.24. The summed E-state index contributed by atoms with van der Waals surface area (Å²) < 4.78 is 13.8. The Bertz CT molecular complexity index is 575. The molecule has 0 bridgehead atoms. The van der Waals surface area contributed by atoms with Gasteiger partial charge in [0, 0.05) is 17.1 Å². The first-order chi connectivity index (χ1) is 9.11. The molecule has 0 saturated heterocycles. The van der Waals surface area contributed by atoms with Crippen molar-refractivity contribution in [3.8, 4) is 0 Å². The lowest BCUT2D eigenvalue weighted by Crippen LogP contribution is -2.21. The number of halogens is 3. The van der Waals surface area contributed by atoms with Crippen LogP contribution in [0.5, 0.6) is 0 Å². The summed E-state index contributed by atoms with van der Waals surface area (Å²) in [7, 11) is 0. The van der Waals surface area contributed by atoms with Gasteiger partial charge in [-0.1, -0.05) is 35.3 Å². The van der Waals surface area contributed by atoms with Crippen molar-refractivity contribution in [1.29, 1.82) is 0 Å². The van der Waals surface area contributed by atoms with Gasteiger partial charge in [0.05, 0.1) is 16.8 Å². The number of hydrogen-bond acceptors (Lipinski definition) is 2. The Balaban J connectivity index is 2.30. The molecule has 0 spiro atoms. The number of anilines is 1. The molecule has 5 heteroatoms. The van der Waals surface area contributed by atoms with Gasteiger partial charge in [-0.05, 0) is 30.3 Å². The fourth-order valence-corrected chi connectivity index (χ4v) is 2.18. The molecule has 0 aliphatic carbocycles. The van der Waals surface area contributed by atoms with Crippen LogP contribution in [-0.4, -0.2) is 6.54 Å². The molecule has 0 fully saturated rings. The van der Waals surface area contributed by atoms with Crippen molar-refractivity contribution < 1.29 is 4.39 Å². The lowest BCUT2D eigenvalue weighted by atomic mass is 10.1. The highest BCUT2D eigenvalue weighted by atomic mass is 35.5. The lowest BCUT2D eigenvalue weighted by Gasteiger charge is -2.20. The van der Waals surface area contributed by atoms with Gasteiger partial charge in [-0.2, -0.15) is 0 Å². The van der Waals surface area contributed by atoms with Crippen LogP contribution in [-0.2, 0) is 0 Å². The molecule has 0 aliphatic rings. The second-order valence-electron chi connectivity index (χ2n) is 4.08. The van der Waals surface area contributed by atoms with Crippen LogP contribution in [0.3, 0.4) is 0 Å². The Morgan fingerprint density at radius 3 is 2.58 bits per heavy atom.